The number of anilines is 1. The Morgan fingerprint density at radius 3 is 2.49 bits per heavy atom. The number of benzene rings is 2. The van der Waals surface area contributed by atoms with Crippen LogP contribution in [0.25, 0.3) is 6.08 Å². The highest BCUT2D eigenvalue weighted by Gasteiger charge is 2.14. The number of nitrogens with one attached hydrogen (secondary N) is 2. The molecule has 1 amide bonds. The lowest BCUT2D eigenvalue weighted by Gasteiger charge is -2.10. The Balaban J connectivity index is 1.37. The molecule has 0 unspecified atom stereocenters. The number of hydrogen-bond donors (Lipinski definition) is 2. The van der Waals surface area contributed by atoms with E-state index in [4.69, 9.17) is 0 Å². The van der Waals surface area contributed by atoms with E-state index in [1.54, 1.807) is 48.8 Å². The predicted octanol–water partition coefficient (Wildman–Crippen LogP) is 5.38. The SMILES string of the molecule is CCc1ccc(NS(=O)(=O)c2cccc(CCCCCCNC(=O)/C=C/c3cccnc3)c2)cc1. The minimum absolute atomic E-state index is 0.109. The first-order valence-electron chi connectivity index (χ1n) is 12.0. The monoisotopic (exact) mass is 491 g/mol. The molecule has 0 atom stereocenters. The summed E-state index contributed by atoms with van der Waals surface area (Å²) in [4.78, 5) is 16.2. The number of hydrogen-bond acceptors (Lipinski definition) is 4. The summed E-state index contributed by atoms with van der Waals surface area (Å²) in [5.74, 6) is -0.109. The standard InChI is InChI=1S/C28H33N3O3S/c1-2-23-13-16-26(17-14-23)31-35(33,34)27-12-7-10-24(21-27)9-5-3-4-6-20-30-28(32)18-15-25-11-8-19-29-22-25/h7-8,10-19,21-22,31H,2-6,9,20H2,1H3,(H,30,32)/b18-15+. The first kappa shape index (κ1) is 26.2. The predicted molar refractivity (Wildman–Crippen MR) is 142 cm³/mol. The lowest BCUT2D eigenvalue weighted by Crippen LogP contribution is -2.21. The van der Waals surface area contributed by atoms with Crippen LogP contribution >= 0.6 is 0 Å². The maximum Gasteiger partial charge on any atom is 0.261 e. The van der Waals surface area contributed by atoms with Crippen molar-refractivity contribution in [1.29, 1.82) is 0 Å². The molecule has 0 aliphatic rings. The molecule has 0 radical (unpaired) electrons. The molecule has 35 heavy (non-hydrogen) atoms. The zero-order valence-corrected chi connectivity index (χ0v) is 20.9. The van der Waals surface area contributed by atoms with Gasteiger partial charge in [-0.05, 0) is 78.8 Å². The van der Waals surface area contributed by atoms with Gasteiger partial charge in [0.1, 0.15) is 0 Å². The highest BCUT2D eigenvalue weighted by molar-refractivity contribution is 7.92. The molecule has 0 fully saturated rings. The molecular weight excluding hydrogens is 458 g/mol. The van der Waals surface area contributed by atoms with Crippen molar-refractivity contribution < 1.29 is 13.2 Å². The Hall–Kier alpha value is -3.45. The molecule has 2 N–H and O–H groups in total. The quantitative estimate of drug-likeness (QED) is 0.248. The summed E-state index contributed by atoms with van der Waals surface area (Å²) in [5.41, 5.74) is 3.62. The number of amides is 1. The highest BCUT2D eigenvalue weighted by atomic mass is 32.2. The molecule has 0 bridgehead atoms. The number of unbranched alkanes of at least 4 members (excludes halogenated alkanes) is 3. The molecule has 0 aliphatic carbocycles. The van der Waals surface area contributed by atoms with Crippen molar-refractivity contribution in [3.05, 3.63) is 95.8 Å². The maximum absolute atomic E-state index is 12.8. The van der Waals surface area contributed by atoms with Gasteiger partial charge < -0.3 is 5.32 Å². The van der Waals surface area contributed by atoms with Gasteiger partial charge >= 0.3 is 0 Å². The molecule has 3 rings (SSSR count). The minimum atomic E-state index is -3.63. The molecule has 7 heteroatoms. The van der Waals surface area contributed by atoms with Crippen molar-refractivity contribution >= 4 is 27.7 Å². The van der Waals surface area contributed by atoms with Gasteiger partial charge in [-0.15, -0.1) is 0 Å². The van der Waals surface area contributed by atoms with Gasteiger partial charge in [0, 0.05) is 30.7 Å². The molecule has 0 saturated carbocycles. The third-order valence-corrected chi connectivity index (χ3v) is 7.01. The van der Waals surface area contributed by atoms with Crippen LogP contribution in [-0.4, -0.2) is 25.9 Å². The normalized spacial score (nSPS) is 11.5. The van der Waals surface area contributed by atoms with Gasteiger partial charge in [0.05, 0.1) is 4.90 Å². The highest BCUT2D eigenvalue weighted by Crippen LogP contribution is 2.19. The average molecular weight is 492 g/mol. The third kappa shape index (κ3) is 9.02. The van der Waals surface area contributed by atoms with Crippen molar-refractivity contribution in [2.75, 3.05) is 11.3 Å². The second-order valence-electron chi connectivity index (χ2n) is 8.38. The zero-order valence-electron chi connectivity index (χ0n) is 20.1. The number of sulfonamides is 1. The molecular formula is C28H33N3O3S. The van der Waals surface area contributed by atoms with Crippen molar-refractivity contribution in [1.82, 2.24) is 10.3 Å². The van der Waals surface area contributed by atoms with E-state index in [0.717, 1.165) is 55.2 Å². The van der Waals surface area contributed by atoms with Crippen LogP contribution in [0.4, 0.5) is 5.69 Å². The lowest BCUT2D eigenvalue weighted by atomic mass is 10.1. The summed E-state index contributed by atoms with van der Waals surface area (Å²) in [6.45, 7) is 2.70. The van der Waals surface area contributed by atoms with Gasteiger partial charge in [-0.3, -0.25) is 14.5 Å². The topological polar surface area (TPSA) is 88.2 Å². The summed E-state index contributed by atoms with van der Waals surface area (Å²) in [6, 6.07) is 18.3. The third-order valence-electron chi connectivity index (χ3n) is 5.63. The van der Waals surface area contributed by atoms with E-state index in [1.165, 1.54) is 6.08 Å². The maximum atomic E-state index is 12.8. The summed E-state index contributed by atoms with van der Waals surface area (Å²) in [7, 11) is -3.63. The van der Waals surface area contributed by atoms with E-state index < -0.39 is 10.0 Å². The van der Waals surface area contributed by atoms with E-state index in [9.17, 15) is 13.2 Å². The summed E-state index contributed by atoms with van der Waals surface area (Å²) in [6.07, 6.45) is 12.3. The number of carbonyl (C=O) groups is 1. The molecule has 0 saturated heterocycles. The molecule has 2 aromatic carbocycles. The van der Waals surface area contributed by atoms with Gasteiger partial charge in [-0.1, -0.05) is 50.1 Å². The number of aromatic nitrogens is 1. The van der Waals surface area contributed by atoms with Crippen molar-refractivity contribution in [2.24, 2.45) is 0 Å². The number of aryl methyl sites for hydroxylation is 2. The van der Waals surface area contributed by atoms with Crippen molar-refractivity contribution in [2.45, 2.75) is 50.3 Å². The Morgan fingerprint density at radius 1 is 0.943 bits per heavy atom. The lowest BCUT2D eigenvalue weighted by molar-refractivity contribution is -0.116. The molecule has 3 aromatic rings. The zero-order chi connectivity index (χ0) is 24.9. The number of carbonyl (C=O) groups excluding carboxylic acids is 1. The Kier molecular flexibility index (Phi) is 10.0. The summed E-state index contributed by atoms with van der Waals surface area (Å²) >= 11 is 0. The molecule has 0 spiro atoms. The molecule has 6 nitrogen and oxygen atoms in total. The van der Waals surface area contributed by atoms with Crippen LogP contribution in [0.1, 0.15) is 49.3 Å². The Morgan fingerprint density at radius 2 is 1.74 bits per heavy atom. The van der Waals surface area contributed by atoms with Gasteiger partial charge in [-0.25, -0.2) is 8.42 Å². The molecule has 1 heterocycles. The van der Waals surface area contributed by atoms with E-state index in [0.29, 0.717) is 12.2 Å². The van der Waals surface area contributed by atoms with Gasteiger partial charge in [0.2, 0.25) is 5.91 Å². The fraction of sp³-hybridized carbons (Fsp3) is 0.286. The number of rotatable bonds is 13. The van der Waals surface area contributed by atoms with E-state index >= 15 is 0 Å². The van der Waals surface area contributed by atoms with Crippen LogP contribution in [0.2, 0.25) is 0 Å². The van der Waals surface area contributed by atoms with Crippen LogP contribution < -0.4 is 10.0 Å². The largest absolute Gasteiger partial charge is 0.353 e. The minimum Gasteiger partial charge on any atom is -0.353 e. The number of nitrogens with zero attached hydrogens (tertiary/aromatic N) is 1. The molecule has 184 valence electrons. The van der Waals surface area contributed by atoms with Crippen molar-refractivity contribution in [3.63, 3.8) is 0 Å². The fourth-order valence-electron chi connectivity index (χ4n) is 3.62. The van der Waals surface area contributed by atoms with E-state index in [-0.39, 0.29) is 10.8 Å². The fourth-order valence-corrected chi connectivity index (χ4v) is 4.74. The van der Waals surface area contributed by atoms with Gasteiger partial charge in [0.25, 0.3) is 10.0 Å². The van der Waals surface area contributed by atoms with Gasteiger partial charge in [0.15, 0.2) is 0 Å². The van der Waals surface area contributed by atoms with E-state index in [2.05, 4.69) is 21.9 Å². The van der Waals surface area contributed by atoms with Crippen molar-refractivity contribution in [3.8, 4) is 0 Å². The smallest absolute Gasteiger partial charge is 0.261 e. The Bertz CT molecular complexity index is 1210. The van der Waals surface area contributed by atoms with Crippen LogP contribution in [0.3, 0.4) is 0 Å². The Labute approximate surface area is 208 Å². The molecule has 1 aromatic heterocycles. The summed E-state index contributed by atoms with van der Waals surface area (Å²) in [5, 5.41) is 2.89. The first-order chi connectivity index (χ1) is 17.0. The molecule has 0 aliphatic heterocycles. The number of pyridine rings is 1. The average Bonchev–Trinajstić information content (AvgIpc) is 2.88. The second kappa shape index (κ2) is 13.4. The van der Waals surface area contributed by atoms with Gasteiger partial charge in [-0.2, -0.15) is 0 Å². The summed E-state index contributed by atoms with van der Waals surface area (Å²) < 4.78 is 28.2. The van der Waals surface area contributed by atoms with E-state index in [1.807, 2.05) is 30.3 Å². The van der Waals surface area contributed by atoms with Crippen LogP contribution in [0.15, 0.2) is 84.0 Å². The van der Waals surface area contributed by atoms with Crippen LogP contribution in [-0.2, 0) is 27.7 Å². The van der Waals surface area contributed by atoms with Crippen LogP contribution in [0.5, 0.6) is 0 Å². The second-order valence-corrected chi connectivity index (χ2v) is 10.1. The first-order valence-corrected chi connectivity index (χ1v) is 13.5. The van der Waals surface area contributed by atoms with Crippen LogP contribution in [0, 0.1) is 0 Å².